The van der Waals surface area contributed by atoms with Gasteiger partial charge in [-0.05, 0) is 25.1 Å². The fourth-order valence-corrected chi connectivity index (χ4v) is 3.85. The number of hydrogen-bond donors (Lipinski definition) is 2. The van der Waals surface area contributed by atoms with Gasteiger partial charge in [-0.3, -0.25) is 19.3 Å². The van der Waals surface area contributed by atoms with E-state index in [4.69, 9.17) is 0 Å². The van der Waals surface area contributed by atoms with Gasteiger partial charge < -0.3 is 15.1 Å². The monoisotopic (exact) mass is 406 g/mol. The lowest BCUT2D eigenvalue weighted by Crippen LogP contribution is -2.55. The Balaban J connectivity index is 1.29. The van der Waals surface area contributed by atoms with E-state index >= 15 is 0 Å². The van der Waals surface area contributed by atoms with E-state index in [0.29, 0.717) is 36.5 Å². The standard InChI is InChI=1S/C19H18N8O3/c1-11-9-25(6-7-27(11)15-16-24-21-10-26(16)5-4-20-15)19(30)22-12-2-3-13-14(8-12)18(29)23-17(13)28/h2-5,8,10-11H,6-7,9H2,1H3,(H,22,30)(H,23,28,29). The number of nitrogens with zero attached hydrogens (tertiary/aromatic N) is 6. The number of rotatable bonds is 2. The first-order chi connectivity index (χ1) is 14.5. The average molecular weight is 406 g/mol. The Bertz CT molecular complexity index is 1190. The van der Waals surface area contributed by atoms with Crippen molar-refractivity contribution in [2.75, 3.05) is 29.9 Å². The van der Waals surface area contributed by atoms with Gasteiger partial charge in [-0.2, -0.15) is 0 Å². The van der Waals surface area contributed by atoms with Crippen LogP contribution in [-0.4, -0.2) is 68.0 Å². The van der Waals surface area contributed by atoms with Gasteiger partial charge >= 0.3 is 6.03 Å². The van der Waals surface area contributed by atoms with E-state index in [1.54, 1.807) is 29.7 Å². The van der Waals surface area contributed by atoms with E-state index in [9.17, 15) is 14.4 Å². The second kappa shape index (κ2) is 6.79. The van der Waals surface area contributed by atoms with Crippen molar-refractivity contribution < 1.29 is 14.4 Å². The molecule has 0 aliphatic carbocycles. The molecule has 1 aromatic carbocycles. The maximum Gasteiger partial charge on any atom is 0.321 e. The lowest BCUT2D eigenvalue weighted by atomic mass is 10.1. The van der Waals surface area contributed by atoms with Gasteiger partial charge in [0, 0.05) is 43.8 Å². The molecule has 0 radical (unpaired) electrons. The first kappa shape index (κ1) is 18.0. The summed E-state index contributed by atoms with van der Waals surface area (Å²) in [5, 5.41) is 13.1. The topological polar surface area (TPSA) is 125 Å². The minimum atomic E-state index is -0.455. The van der Waals surface area contributed by atoms with Crippen molar-refractivity contribution in [3.63, 3.8) is 0 Å². The van der Waals surface area contributed by atoms with Gasteiger partial charge in [0.1, 0.15) is 6.33 Å². The van der Waals surface area contributed by atoms with Crippen LogP contribution in [-0.2, 0) is 0 Å². The molecule has 1 saturated heterocycles. The third kappa shape index (κ3) is 2.91. The minimum Gasteiger partial charge on any atom is -0.347 e. The van der Waals surface area contributed by atoms with E-state index < -0.39 is 11.8 Å². The van der Waals surface area contributed by atoms with Crippen LogP contribution in [0.1, 0.15) is 27.6 Å². The summed E-state index contributed by atoms with van der Waals surface area (Å²) < 4.78 is 1.81. The average Bonchev–Trinajstić information content (AvgIpc) is 3.32. The van der Waals surface area contributed by atoms with Gasteiger partial charge in [0.05, 0.1) is 11.1 Å². The number of hydrogen-bond acceptors (Lipinski definition) is 7. The largest absolute Gasteiger partial charge is 0.347 e. The summed E-state index contributed by atoms with van der Waals surface area (Å²) >= 11 is 0. The maximum absolute atomic E-state index is 12.8. The third-order valence-corrected chi connectivity index (χ3v) is 5.37. The van der Waals surface area contributed by atoms with Crippen molar-refractivity contribution in [1.29, 1.82) is 0 Å². The van der Waals surface area contributed by atoms with Crippen LogP contribution in [0, 0.1) is 0 Å². The number of nitrogens with one attached hydrogen (secondary N) is 2. The predicted octanol–water partition coefficient (Wildman–Crippen LogP) is 0.750. The SMILES string of the molecule is CC1CN(C(=O)Nc2ccc3c(c2)C(=O)NC3=O)CCN1c1nccn2cnnc12. The van der Waals surface area contributed by atoms with Crippen LogP contribution in [0.25, 0.3) is 5.65 Å². The number of carbonyl (C=O) groups excluding carboxylic acids is 3. The van der Waals surface area contributed by atoms with Crippen LogP contribution < -0.4 is 15.5 Å². The highest BCUT2D eigenvalue weighted by molar-refractivity contribution is 6.22. The second-order valence-corrected chi connectivity index (χ2v) is 7.27. The Morgan fingerprint density at radius 3 is 2.87 bits per heavy atom. The number of carbonyl (C=O) groups is 3. The fourth-order valence-electron chi connectivity index (χ4n) is 3.85. The Morgan fingerprint density at radius 2 is 2.03 bits per heavy atom. The van der Waals surface area contributed by atoms with Gasteiger partial charge in [-0.15, -0.1) is 10.2 Å². The van der Waals surface area contributed by atoms with E-state index in [1.165, 1.54) is 12.1 Å². The first-order valence-corrected chi connectivity index (χ1v) is 9.48. The molecule has 1 unspecified atom stereocenters. The van der Waals surface area contributed by atoms with Crippen LogP contribution in [0.2, 0.25) is 0 Å². The van der Waals surface area contributed by atoms with E-state index in [2.05, 4.69) is 30.7 Å². The Morgan fingerprint density at radius 1 is 1.20 bits per heavy atom. The molecule has 2 aliphatic rings. The van der Waals surface area contributed by atoms with Crippen molar-refractivity contribution in [3.05, 3.63) is 48.0 Å². The van der Waals surface area contributed by atoms with Gasteiger partial charge in [0.2, 0.25) is 5.65 Å². The van der Waals surface area contributed by atoms with Gasteiger partial charge in [0.15, 0.2) is 5.82 Å². The minimum absolute atomic E-state index is 0.0170. The molecule has 3 aromatic rings. The van der Waals surface area contributed by atoms with Crippen LogP contribution >= 0.6 is 0 Å². The molecule has 0 spiro atoms. The van der Waals surface area contributed by atoms with Crippen LogP contribution in [0.5, 0.6) is 0 Å². The van der Waals surface area contributed by atoms with Crippen molar-refractivity contribution in [2.45, 2.75) is 13.0 Å². The number of fused-ring (bicyclic) bond motifs is 2. The van der Waals surface area contributed by atoms with Crippen LogP contribution in [0.4, 0.5) is 16.3 Å². The summed E-state index contributed by atoms with van der Waals surface area (Å²) in [4.78, 5) is 44.5. The number of piperazine rings is 1. The van der Waals surface area contributed by atoms with E-state index in [1.807, 2.05) is 11.3 Å². The van der Waals surface area contributed by atoms with Crippen molar-refractivity contribution in [3.8, 4) is 0 Å². The summed E-state index contributed by atoms with van der Waals surface area (Å²) in [5.74, 6) is -0.144. The van der Waals surface area contributed by atoms with E-state index in [0.717, 1.165) is 5.82 Å². The first-order valence-electron chi connectivity index (χ1n) is 9.48. The lowest BCUT2D eigenvalue weighted by Gasteiger charge is -2.40. The Labute approximate surface area is 170 Å². The molecule has 30 heavy (non-hydrogen) atoms. The molecular formula is C19H18N8O3. The predicted molar refractivity (Wildman–Crippen MR) is 106 cm³/mol. The van der Waals surface area contributed by atoms with Gasteiger partial charge in [0.25, 0.3) is 11.8 Å². The quantitative estimate of drug-likeness (QED) is 0.602. The smallest absolute Gasteiger partial charge is 0.321 e. The summed E-state index contributed by atoms with van der Waals surface area (Å²) in [6.07, 6.45) is 5.11. The third-order valence-electron chi connectivity index (χ3n) is 5.37. The number of anilines is 2. The zero-order valence-corrected chi connectivity index (χ0v) is 16.1. The van der Waals surface area contributed by atoms with Crippen molar-refractivity contribution in [1.82, 2.24) is 29.8 Å². The molecule has 1 atom stereocenters. The highest BCUT2D eigenvalue weighted by Crippen LogP contribution is 2.23. The zero-order valence-electron chi connectivity index (χ0n) is 16.1. The molecule has 11 nitrogen and oxygen atoms in total. The van der Waals surface area contributed by atoms with Crippen molar-refractivity contribution >= 4 is 35.0 Å². The summed E-state index contributed by atoms with van der Waals surface area (Å²) in [6, 6.07) is 4.42. The molecule has 11 heteroatoms. The van der Waals surface area contributed by atoms with E-state index in [-0.39, 0.29) is 17.6 Å². The summed E-state index contributed by atoms with van der Waals surface area (Å²) in [5.41, 5.74) is 1.72. The summed E-state index contributed by atoms with van der Waals surface area (Å²) in [6.45, 7) is 3.60. The summed E-state index contributed by atoms with van der Waals surface area (Å²) in [7, 11) is 0. The second-order valence-electron chi connectivity index (χ2n) is 7.27. The molecular weight excluding hydrogens is 388 g/mol. The maximum atomic E-state index is 12.8. The molecule has 2 N–H and O–H groups in total. The molecule has 0 bridgehead atoms. The number of amides is 4. The number of aromatic nitrogens is 4. The Hall–Kier alpha value is -4.02. The molecule has 0 saturated carbocycles. The van der Waals surface area contributed by atoms with Crippen molar-refractivity contribution in [2.24, 2.45) is 0 Å². The normalized spacial score (nSPS) is 18.5. The van der Waals surface area contributed by atoms with Gasteiger partial charge in [-0.25, -0.2) is 9.78 Å². The van der Waals surface area contributed by atoms with Gasteiger partial charge in [-0.1, -0.05) is 0 Å². The van der Waals surface area contributed by atoms with Crippen LogP contribution in [0.3, 0.4) is 0 Å². The van der Waals surface area contributed by atoms with Crippen LogP contribution in [0.15, 0.2) is 36.9 Å². The number of imide groups is 1. The molecule has 152 valence electrons. The zero-order chi connectivity index (χ0) is 20.8. The number of benzene rings is 1. The lowest BCUT2D eigenvalue weighted by molar-refractivity contribution is 0.0879. The molecule has 2 aromatic heterocycles. The highest BCUT2D eigenvalue weighted by Gasteiger charge is 2.30. The molecule has 5 rings (SSSR count). The number of urea groups is 1. The molecule has 2 aliphatic heterocycles. The molecule has 4 amide bonds. The molecule has 1 fully saturated rings. The fraction of sp³-hybridized carbons (Fsp3) is 0.263. The highest BCUT2D eigenvalue weighted by atomic mass is 16.2. The Kier molecular flexibility index (Phi) is 4.09. The molecule has 4 heterocycles.